The maximum atomic E-state index is 13.5. The van der Waals surface area contributed by atoms with Crippen LogP contribution in [0.25, 0.3) is 0 Å². The van der Waals surface area contributed by atoms with Gasteiger partial charge >= 0.3 is 0 Å². The summed E-state index contributed by atoms with van der Waals surface area (Å²) in [5, 5.41) is 9.76. The van der Waals surface area contributed by atoms with Crippen molar-refractivity contribution < 1.29 is 19.1 Å². The molecule has 4 nitrogen and oxygen atoms in total. The van der Waals surface area contributed by atoms with E-state index in [1.54, 1.807) is 0 Å². The van der Waals surface area contributed by atoms with Crippen molar-refractivity contribution in [3.63, 3.8) is 0 Å². The Morgan fingerprint density at radius 3 is 2.95 bits per heavy atom. The first kappa shape index (κ1) is 15.3. The van der Waals surface area contributed by atoms with E-state index in [1.807, 2.05) is 0 Å². The van der Waals surface area contributed by atoms with Gasteiger partial charge in [-0.2, -0.15) is 0 Å². The molecule has 0 aromatic heterocycles. The van der Waals surface area contributed by atoms with Gasteiger partial charge in [-0.05, 0) is 18.1 Å². The van der Waals surface area contributed by atoms with Crippen LogP contribution in [0.15, 0.2) is 16.6 Å². The van der Waals surface area contributed by atoms with E-state index in [0.29, 0.717) is 23.2 Å². The molecular formula is C13H13BrFNO3S. The number of halogens is 2. The molecular weight excluding hydrogens is 349 g/mol. The number of carbonyl (C=O) groups is 2. The molecule has 0 bridgehead atoms. The molecule has 1 aliphatic heterocycles. The third-order valence-electron chi connectivity index (χ3n) is 3.03. The van der Waals surface area contributed by atoms with Crippen LogP contribution < -0.4 is 4.90 Å². The maximum absolute atomic E-state index is 13.5. The highest BCUT2D eigenvalue weighted by atomic mass is 79.9. The van der Waals surface area contributed by atoms with Crippen molar-refractivity contribution in [2.24, 2.45) is 5.92 Å². The molecule has 7 heteroatoms. The average molecular weight is 362 g/mol. The first-order chi connectivity index (χ1) is 9.38. The normalized spacial score (nSPS) is 18.6. The van der Waals surface area contributed by atoms with Gasteiger partial charge in [-0.1, -0.05) is 27.7 Å². The molecule has 1 N–H and O–H groups in total. The maximum Gasteiger partial charge on any atom is 0.227 e. The van der Waals surface area contributed by atoms with Gasteiger partial charge in [-0.15, -0.1) is 0 Å². The van der Waals surface area contributed by atoms with Crippen molar-refractivity contribution in [2.75, 3.05) is 17.2 Å². The minimum atomic E-state index is -0.774. The van der Waals surface area contributed by atoms with Crippen LogP contribution in [0.5, 0.6) is 5.75 Å². The lowest BCUT2D eigenvalue weighted by Gasteiger charge is -2.18. The van der Waals surface area contributed by atoms with Crippen LogP contribution in [0.4, 0.5) is 10.1 Å². The number of phenolic OH excluding ortho intramolecular Hbond substituents is 1. The zero-order chi connectivity index (χ0) is 14.9. The lowest BCUT2D eigenvalue weighted by Crippen LogP contribution is -2.25. The van der Waals surface area contributed by atoms with Gasteiger partial charge in [-0.3, -0.25) is 9.59 Å². The fourth-order valence-corrected chi connectivity index (χ4v) is 3.23. The Balaban J connectivity index is 2.18. The number of amides is 1. The summed E-state index contributed by atoms with van der Waals surface area (Å²) in [6.07, 6.45) is 0.299. The molecule has 1 aromatic carbocycles. The van der Waals surface area contributed by atoms with Gasteiger partial charge in [0, 0.05) is 30.1 Å². The molecule has 1 aromatic rings. The van der Waals surface area contributed by atoms with Crippen molar-refractivity contribution in [3.05, 3.63) is 22.4 Å². The molecule has 1 aliphatic rings. The Morgan fingerprint density at radius 2 is 2.30 bits per heavy atom. The summed E-state index contributed by atoms with van der Waals surface area (Å²) in [6.45, 7) is 1.86. The topological polar surface area (TPSA) is 57.6 Å². The van der Waals surface area contributed by atoms with E-state index in [0.717, 1.165) is 6.07 Å². The zero-order valence-electron chi connectivity index (χ0n) is 10.7. The molecule has 1 saturated heterocycles. The molecule has 1 heterocycles. The summed E-state index contributed by atoms with van der Waals surface area (Å²) in [6, 6.07) is 2.65. The fraction of sp³-hybridized carbons (Fsp3) is 0.385. The Labute approximate surface area is 128 Å². The average Bonchev–Trinajstić information content (AvgIpc) is 2.72. The minimum Gasteiger partial charge on any atom is -0.503 e. The van der Waals surface area contributed by atoms with Gasteiger partial charge in [0.1, 0.15) is 0 Å². The predicted octanol–water partition coefficient (Wildman–Crippen LogP) is 2.93. The van der Waals surface area contributed by atoms with Crippen LogP contribution >= 0.6 is 27.7 Å². The highest BCUT2D eigenvalue weighted by Crippen LogP contribution is 2.37. The molecule has 20 heavy (non-hydrogen) atoms. The molecule has 2 rings (SSSR count). The van der Waals surface area contributed by atoms with Crippen LogP contribution in [0, 0.1) is 11.7 Å². The number of hydrogen-bond donors (Lipinski definition) is 1. The third kappa shape index (κ3) is 3.32. The molecule has 0 aliphatic carbocycles. The Morgan fingerprint density at radius 1 is 1.60 bits per heavy atom. The number of carbonyl (C=O) groups excluding carboxylic acids is 2. The number of nitrogens with zero attached hydrogens (tertiary/aromatic N) is 1. The summed E-state index contributed by atoms with van der Waals surface area (Å²) in [4.78, 5) is 24.3. The second-order valence-corrected chi connectivity index (χ2v) is 6.75. The van der Waals surface area contributed by atoms with Crippen LogP contribution in [0.1, 0.15) is 13.3 Å². The number of thioether (sulfide) groups is 1. The molecule has 1 fully saturated rings. The van der Waals surface area contributed by atoms with Crippen molar-refractivity contribution >= 4 is 44.4 Å². The van der Waals surface area contributed by atoms with E-state index in [1.165, 1.54) is 29.7 Å². The summed E-state index contributed by atoms with van der Waals surface area (Å²) in [7, 11) is 0. The number of rotatable bonds is 3. The van der Waals surface area contributed by atoms with Crippen molar-refractivity contribution in [2.45, 2.75) is 13.3 Å². The van der Waals surface area contributed by atoms with Crippen molar-refractivity contribution in [3.8, 4) is 5.75 Å². The molecule has 1 atom stereocenters. The van der Waals surface area contributed by atoms with Crippen molar-refractivity contribution in [1.82, 2.24) is 0 Å². The second kappa shape index (κ2) is 6.13. The van der Waals surface area contributed by atoms with Gasteiger partial charge in [0.25, 0.3) is 0 Å². The molecule has 1 unspecified atom stereocenters. The number of benzene rings is 1. The van der Waals surface area contributed by atoms with E-state index < -0.39 is 11.6 Å². The van der Waals surface area contributed by atoms with E-state index in [9.17, 15) is 19.1 Å². The van der Waals surface area contributed by atoms with E-state index in [2.05, 4.69) is 15.9 Å². The van der Waals surface area contributed by atoms with Crippen LogP contribution in [-0.2, 0) is 9.59 Å². The fourth-order valence-electron chi connectivity index (χ4n) is 2.12. The molecule has 1 amide bonds. The Hall–Kier alpha value is -1.08. The number of aromatic hydroxyl groups is 1. The number of anilines is 1. The highest BCUT2D eigenvalue weighted by molar-refractivity contribution is 9.10. The standard InChI is InChI=1S/C13H13BrFNO3S/c1-7(17)20-6-8-2-12(18)16(5-8)11-4-9(14)3-10(15)13(11)19/h3-4,8,19H,2,5-6H2,1H3. The highest BCUT2D eigenvalue weighted by Gasteiger charge is 2.32. The lowest BCUT2D eigenvalue weighted by atomic mass is 10.1. The molecule has 108 valence electrons. The second-order valence-electron chi connectivity index (χ2n) is 4.63. The minimum absolute atomic E-state index is 0.00671. The van der Waals surface area contributed by atoms with Crippen LogP contribution in [0.2, 0.25) is 0 Å². The van der Waals surface area contributed by atoms with Crippen molar-refractivity contribution in [1.29, 1.82) is 0 Å². The van der Waals surface area contributed by atoms with E-state index >= 15 is 0 Å². The summed E-state index contributed by atoms with van der Waals surface area (Å²) in [5.41, 5.74) is 0.164. The Kier molecular flexibility index (Phi) is 4.70. The summed E-state index contributed by atoms with van der Waals surface area (Å²) >= 11 is 4.32. The third-order valence-corrected chi connectivity index (χ3v) is 4.53. The number of hydrogen-bond acceptors (Lipinski definition) is 4. The summed E-state index contributed by atoms with van der Waals surface area (Å²) in [5.74, 6) is -0.899. The lowest BCUT2D eigenvalue weighted by molar-refractivity contribution is -0.117. The summed E-state index contributed by atoms with van der Waals surface area (Å²) < 4.78 is 14.0. The van der Waals surface area contributed by atoms with Crippen LogP contribution in [0.3, 0.4) is 0 Å². The molecule has 0 radical (unpaired) electrons. The van der Waals surface area contributed by atoms with Gasteiger partial charge < -0.3 is 10.0 Å². The van der Waals surface area contributed by atoms with Gasteiger partial charge in [0.15, 0.2) is 16.7 Å². The molecule has 0 saturated carbocycles. The predicted molar refractivity (Wildman–Crippen MR) is 79.4 cm³/mol. The van der Waals surface area contributed by atoms with Gasteiger partial charge in [0.2, 0.25) is 5.91 Å². The molecule has 0 spiro atoms. The zero-order valence-corrected chi connectivity index (χ0v) is 13.1. The van der Waals surface area contributed by atoms with Crippen LogP contribution in [-0.4, -0.2) is 28.4 Å². The van der Waals surface area contributed by atoms with Gasteiger partial charge in [0.05, 0.1) is 5.69 Å². The largest absolute Gasteiger partial charge is 0.503 e. The number of phenols is 1. The monoisotopic (exact) mass is 361 g/mol. The first-order valence-electron chi connectivity index (χ1n) is 6.00. The first-order valence-corrected chi connectivity index (χ1v) is 7.78. The van der Waals surface area contributed by atoms with E-state index in [-0.39, 0.29) is 22.6 Å². The van der Waals surface area contributed by atoms with Gasteiger partial charge in [-0.25, -0.2) is 4.39 Å². The van der Waals surface area contributed by atoms with E-state index in [4.69, 9.17) is 0 Å². The Bertz CT molecular complexity index is 567. The smallest absolute Gasteiger partial charge is 0.227 e. The SMILES string of the molecule is CC(=O)SCC1CC(=O)N(c2cc(Br)cc(F)c2O)C1. The quantitative estimate of drug-likeness (QED) is 0.898.